The molecule has 98 valence electrons. The molecule has 0 saturated heterocycles. The topological polar surface area (TPSA) is 17.1 Å². The van der Waals surface area contributed by atoms with E-state index in [-0.39, 0.29) is 11.3 Å². The largest absolute Gasteiger partial charge is 0.299 e. The van der Waals surface area contributed by atoms with Crippen LogP contribution in [0.4, 0.5) is 0 Å². The second-order valence-corrected chi connectivity index (χ2v) is 5.62. The van der Waals surface area contributed by atoms with Crippen molar-refractivity contribution in [2.75, 3.05) is 0 Å². The number of rotatable bonds is 2. The van der Waals surface area contributed by atoms with E-state index < -0.39 is 0 Å². The Morgan fingerprint density at radius 2 is 1.59 bits per heavy atom. The summed E-state index contributed by atoms with van der Waals surface area (Å²) in [5.41, 5.74) is 0. The van der Waals surface area contributed by atoms with Crippen LogP contribution < -0.4 is 0 Å². The Morgan fingerprint density at radius 1 is 1.06 bits per heavy atom. The van der Waals surface area contributed by atoms with Gasteiger partial charge in [-0.05, 0) is 12.8 Å². The van der Waals surface area contributed by atoms with Gasteiger partial charge in [0, 0.05) is 12.3 Å². The molecule has 2 atom stereocenters. The lowest BCUT2D eigenvalue weighted by molar-refractivity contribution is -0.123. The van der Waals surface area contributed by atoms with Crippen molar-refractivity contribution in [2.45, 2.75) is 69.6 Å². The molecule has 0 aromatic rings. The van der Waals surface area contributed by atoms with Gasteiger partial charge in [0.15, 0.2) is 0 Å². The van der Waals surface area contributed by atoms with Crippen molar-refractivity contribution in [3.63, 3.8) is 0 Å². The van der Waals surface area contributed by atoms with Crippen LogP contribution in [0.5, 0.6) is 0 Å². The Kier molecular flexibility index (Phi) is 7.59. The summed E-state index contributed by atoms with van der Waals surface area (Å²) in [4.78, 5) is 12.1. The van der Waals surface area contributed by atoms with Gasteiger partial charge in [-0.1, -0.05) is 51.0 Å². The molecule has 0 radical (unpaired) electrons. The minimum absolute atomic E-state index is 0.00796. The molecule has 1 nitrogen and oxygen atoms in total. The first kappa shape index (κ1) is 14.8. The number of carbonyl (C=O) groups is 1. The van der Waals surface area contributed by atoms with Crippen LogP contribution in [0.15, 0.2) is 12.7 Å². The van der Waals surface area contributed by atoms with Crippen LogP contribution in [-0.4, -0.2) is 11.2 Å². The molecule has 2 heteroatoms. The zero-order valence-electron chi connectivity index (χ0n) is 10.8. The predicted octanol–water partition coefficient (Wildman–Crippen LogP) is 4.88. The molecule has 1 saturated carbocycles. The Labute approximate surface area is 111 Å². The van der Waals surface area contributed by atoms with E-state index in [2.05, 4.69) is 6.58 Å². The van der Waals surface area contributed by atoms with Gasteiger partial charge in [0.05, 0.1) is 5.38 Å². The third-order valence-corrected chi connectivity index (χ3v) is 4.19. The molecule has 0 amide bonds. The van der Waals surface area contributed by atoms with Gasteiger partial charge in [-0.3, -0.25) is 4.79 Å². The van der Waals surface area contributed by atoms with Crippen LogP contribution >= 0.6 is 11.6 Å². The number of carbonyl (C=O) groups excluding carboxylic acids is 1. The van der Waals surface area contributed by atoms with E-state index in [4.69, 9.17) is 11.6 Å². The van der Waals surface area contributed by atoms with E-state index in [0.717, 1.165) is 19.3 Å². The van der Waals surface area contributed by atoms with Crippen molar-refractivity contribution in [3.05, 3.63) is 12.7 Å². The zero-order chi connectivity index (χ0) is 12.5. The molecule has 0 heterocycles. The lowest BCUT2D eigenvalue weighted by Crippen LogP contribution is -2.23. The normalized spacial score (nSPS) is 26.6. The summed E-state index contributed by atoms with van der Waals surface area (Å²) >= 11 is 6.19. The van der Waals surface area contributed by atoms with Gasteiger partial charge in [0.1, 0.15) is 5.78 Å². The minimum atomic E-state index is -0.176. The average Bonchev–Trinajstić information content (AvgIpc) is 2.33. The van der Waals surface area contributed by atoms with Crippen LogP contribution in [0.2, 0.25) is 0 Å². The van der Waals surface area contributed by atoms with Crippen LogP contribution in [0.25, 0.3) is 0 Å². The summed E-state index contributed by atoms with van der Waals surface area (Å²) < 4.78 is 0. The highest BCUT2D eigenvalue weighted by atomic mass is 35.5. The van der Waals surface area contributed by atoms with Gasteiger partial charge in [-0.25, -0.2) is 0 Å². The summed E-state index contributed by atoms with van der Waals surface area (Å²) in [6.07, 6.45) is 13.3. The molecule has 1 aliphatic rings. The summed E-state index contributed by atoms with van der Waals surface area (Å²) in [6, 6.07) is 0. The minimum Gasteiger partial charge on any atom is -0.299 e. The van der Waals surface area contributed by atoms with Gasteiger partial charge >= 0.3 is 0 Å². The molecule has 0 spiro atoms. The van der Waals surface area contributed by atoms with Gasteiger partial charge in [0.2, 0.25) is 0 Å². The highest BCUT2D eigenvalue weighted by molar-refractivity contribution is 6.23. The van der Waals surface area contributed by atoms with E-state index >= 15 is 0 Å². The lowest BCUT2D eigenvalue weighted by Gasteiger charge is -2.19. The summed E-state index contributed by atoms with van der Waals surface area (Å²) in [5.74, 6) is 0.360. The number of Topliss-reactive ketones (excluding diaryl/α,β-unsaturated/α-hetero) is 1. The fourth-order valence-corrected chi connectivity index (χ4v) is 2.84. The Bertz CT molecular complexity index is 237. The van der Waals surface area contributed by atoms with Gasteiger partial charge in [-0.2, -0.15) is 0 Å². The van der Waals surface area contributed by atoms with Crippen LogP contribution in [0, 0.1) is 5.92 Å². The molecular weight excluding hydrogens is 232 g/mol. The molecular formula is C15H25ClO. The predicted molar refractivity (Wildman–Crippen MR) is 74.5 cm³/mol. The van der Waals surface area contributed by atoms with Crippen molar-refractivity contribution >= 4 is 17.4 Å². The maximum atomic E-state index is 12.1. The van der Waals surface area contributed by atoms with Crippen LogP contribution in [-0.2, 0) is 4.79 Å². The molecule has 0 aliphatic heterocycles. The van der Waals surface area contributed by atoms with Gasteiger partial charge in [0.25, 0.3) is 0 Å². The monoisotopic (exact) mass is 256 g/mol. The molecule has 0 N–H and O–H groups in total. The number of hydrogen-bond acceptors (Lipinski definition) is 1. The number of halogens is 1. The highest BCUT2D eigenvalue weighted by Gasteiger charge is 2.23. The Hall–Kier alpha value is -0.300. The SMILES string of the molecule is C=CC(Cl)C1CCCCCCCCCCC1=O. The van der Waals surface area contributed by atoms with Crippen molar-refractivity contribution in [1.29, 1.82) is 0 Å². The van der Waals surface area contributed by atoms with Crippen molar-refractivity contribution in [3.8, 4) is 0 Å². The standard InChI is InChI=1S/C15H25ClO/c1-2-14(16)13-11-9-7-5-3-4-6-8-10-12-15(13)17/h2,13-14H,1,3-12H2. The van der Waals surface area contributed by atoms with E-state index in [0.29, 0.717) is 12.2 Å². The molecule has 1 rings (SSSR count). The van der Waals surface area contributed by atoms with E-state index in [1.807, 2.05) is 0 Å². The second-order valence-electron chi connectivity index (χ2n) is 5.12. The molecule has 17 heavy (non-hydrogen) atoms. The fourth-order valence-electron chi connectivity index (χ4n) is 2.57. The van der Waals surface area contributed by atoms with Crippen molar-refractivity contribution < 1.29 is 4.79 Å². The molecule has 0 bridgehead atoms. The highest BCUT2D eigenvalue weighted by Crippen LogP contribution is 2.24. The van der Waals surface area contributed by atoms with Gasteiger partial charge < -0.3 is 0 Å². The third-order valence-electron chi connectivity index (χ3n) is 3.71. The third kappa shape index (κ3) is 5.72. The fraction of sp³-hybridized carbons (Fsp3) is 0.800. The van der Waals surface area contributed by atoms with Crippen LogP contribution in [0.1, 0.15) is 64.2 Å². The van der Waals surface area contributed by atoms with E-state index in [9.17, 15) is 4.79 Å². The van der Waals surface area contributed by atoms with Gasteiger partial charge in [-0.15, -0.1) is 18.2 Å². The van der Waals surface area contributed by atoms with E-state index in [1.54, 1.807) is 6.08 Å². The molecule has 1 aliphatic carbocycles. The Balaban J connectivity index is 2.50. The van der Waals surface area contributed by atoms with Crippen molar-refractivity contribution in [2.24, 2.45) is 5.92 Å². The molecule has 0 aromatic carbocycles. The second kappa shape index (κ2) is 8.74. The first-order valence-electron chi connectivity index (χ1n) is 7.05. The Morgan fingerprint density at radius 3 is 2.18 bits per heavy atom. The number of alkyl halides is 1. The summed E-state index contributed by atoms with van der Waals surface area (Å²) in [7, 11) is 0. The lowest BCUT2D eigenvalue weighted by atomic mass is 9.89. The first-order chi connectivity index (χ1) is 8.25. The zero-order valence-corrected chi connectivity index (χ0v) is 11.6. The van der Waals surface area contributed by atoms with Crippen molar-refractivity contribution in [1.82, 2.24) is 0 Å². The smallest absolute Gasteiger partial charge is 0.137 e. The first-order valence-corrected chi connectivity index (χ1v) is 7.48. The maximum absolute atomic E-state index is 12.1. The maximum Gasteiger partial charge on any atom is 0.137 e. The number of allylic oxidation sites excluding steroid dienone is 1. The number of hydrogen-bond donors (Lipinski definition) is 0. The molecule has 1 fully saturated rings. The summed E-state index contributed by atoms with van der Waals surface area (Å²) in [6.45, 7) is 3.72. The average molecular weight is 257 g/mol. The number of ketones is 1. The van der Waals surface area contributed by atoms with Crippen LogP contribution in [0.3, 0.4) is 0 Å². The summed E-state index contributed by atoms with van der Waals surface area (Å²) in [5, 5.41) is -0.176. The molecule has 0 aromatic heterocycles. The quantitative estimate of drug-likeness (QED) is 0.508. The molecule has 2 unspecified atom stereocenters. The van der Waals surface area contributed by atoms with E-state index in [1.165, 1.54) is 38.5 Å².